The predicted octanol–water partition coefficient (Wildman–Crippen LogP) is 3.63. The van der Waals surface area contributed by atoms with Gasteiger partial charge in [-0.1, -0.05) is 30.3 Å². The molecule has 1 N–H and O–H groups in total. The van der Waals surface area contributed by atoms with Crippen LogP contribution in [0.1, 0.15) is 43.2 Å². The highest BCUT2D eigenvalue weighted by atomic mass is 32.1. The van der Waals surface area contributed by atoms with Crippen LogP contribution < -0.4 is 5.32 Å². The molecule has 32 heavy (non-hydrogen) atoms. The van der Waals surface area contributed by atoms with Gasteiger partial charge in [0, 0.05) is 30.3 Å². The molecule has 0 radical (unpaired) electrons. The Hall–Kier alpha value is -3.52. The number of likely N-dealkylation sites (tertiary alicyclic amines) is 1. The lowest BCUT2D eigenvalue weighted by atomic mass is 10.0. The molecule has 8 heteroatoms. The number of piperidine rings is 1. The van der Waals surface area contributed by atoms with Gasteiger partial charge < -0.3 is 15.0 Å². The van der Waals surface area contributed by atoms with Gasteiger partial charge in [-0.15, -0.1) is 11.3 Å². The van der Waals surface area contributed by atoms with Crippen LogP contribution in [0.2, 0.25) is 0 Å². The van der Waals surface area contributed by atoms with E-state index in [0.29, 0.717) is 46.9 Å². The van der Waals surface area contributed by atoms with E-state index < -0.39 is 5.97 Å². The minimum absolute atomic E-state index is 0.00975. The van der Waals surface area contributed by atoms with Crippen LogP contribution in [0.5, 0.6) is 0 Å². The van der Waals surface area contributed by atoms with E-state index in [-0.39, 0.29) is 17.9 Å². The summed E-state index contributed by atoms with van der Waals surface area (Å²) >= 11 is 1.27. The maximum atomic E-state index is 12.7. The molecule has 2 heterocycles. The average Bonchev–Trinajstić information content (AvgIpc) is 3.35. The number of ether oxygens (including phenoxy) is 1. The molecule has 3 aromatic rings. The van der Waals surface area contributed by atoms with Crippen molar-refractivity contribution < 1.29 is 19.1 Å². The Bertz CT molecular complexity index is 1120. The van der Waals surface area contributed by atoms with Crippen molar-refractivity contribution in [2.45, 2.75) is 18.9 Å². The summed E-state index contributed by atoms with van der Waals surface area (Å²) in [6.07, 6.45) is 2.96. The number of rotatable bonds is 5. The second-order valence-corrected chi connectivity index (χ2v) is 8.54. The van der Waals surface area contributed by atoms with E-state index in [1.165, 1.54) is 18.4 Å². The number of nitrogens with one attached hydrogen (secondary N) is 1. The third-order valence-corrected chi connectivity index (χ3v) is 6.44. The van der Waals surface area contributed by atoms with Gasteiger partial charge in [0.25, 0.3) is 11.8 Å². The molecule has 2 amide bonds. The molecule has 1 aliphatic heterocycles. The maximum Gasteiger partial charge on any atom is 0.337 e. The number of nitrogens with zero attached hydrogens (tertiary/aromatic N) is 2. The third kappa shape index (κ3) is 4.86. The van der Waals surface area contributed by atoms with Crippen molar-refractivity contribution >= 4 is 29.1 Å². The number of esters is 1. The Morgan fingerprint density at radius 3 is 2.47 bits per heavy atom. The molecule has 0 bridgehead atoms. The Kier molecular flexibility index (Phi) is 6.61. The van der Waals surface area contributed by atoms with Gasteiger partial charge in [-0.3, -0.25) is 9.59 Å². The van der Waals surface area contributed by atoms with Gasteiger partial charge in [-0.25, -0.2) is 9.78 Å². The minimum atomic E-state index is -0.418. The summed E-state index contributed by atoms with van der Waals surface area (Å²) in [5.74, 6) is -0.569. The number of carbonyl (C=O) groups excluding carboxylic acids is 3. The second kappa shape index (κ2) is 9.74. The second-order valence-electron chi connectivity index (χ2n) is 7.51. The number of aromatic nitrogens is 1. The van der Waals surface area contributed by atoms with Crippen molar-refractivity contribution in [2.24, 2.45) is 0 Å². The first-order valence-corrected chi connectivity index (χ1v) is 11.2. The standard InChI is InChI=1S/C24H23N3O4S/c1-31-24(30)18-9-5-8-17(14-18)22-25-15-20(32-22)21(28)26-19-10-12-27(13-11-19)23(29)16-6-3-2-4-7-16/h2-9,14-15,19H,10-13H2,1H3,(H,26,28). The van der Waals surface area contributed by atoms with Gasteiger partial charge in [0.1, 0.15) is 9.88 Å². The highest BCUT2D eigenvalue weighted by Gasteiger charge is 2.25. The Morgan fingerprint density at radius 2 is 1.75 bits per heavy atom. The average molecular weight is 450 g/mol. The molecule has 1 aliphatic rings. The van der Waals surface area contributed by atoms with E-state index in [1.54, 1.807) is 24.4 Å². The quantitative estimate of drug-likeness (QED) is 0.601. The summed E-state index contributed by atoms with van der Waals surface area (Å²) < 4.78 is 4.76. The summed E-state index contributed by atoms with van der Waals surface area (Å²) in [6, 6.07) is 16.2. The first-order valence-electron chi connectivity index (χ1n) is 10.3. The lowest BCUT2D eigenvalue weighted by Gasteiger charge is -2.32. The smallest absolute Gasteiger partial charge is 0.337 e. The van der Waals surface area contributed by atoms with Crippen LogP contribution in [0.3, 0.4) is 0 Å². The fraction of sp³-hybridized carbons (Fsp3) is 0.250. The molecule has 0 aliphatic carbocycles. The summed E-state index contributed by atoms with van der Waals surface area (Å²) in [7, 11) is 1.34. The summed E-state index contributed by atoms with van der Waals surface area (Å²) in [4.78, 5) is 43.7. The molecule has 0 spiro atoms. The summed E-state index contributed by atoms with van der Waals surface area (Å²) in [5.41, 5.74) is 1.87. The topological polar surface area (TPSA) is 88.6 Å². The number of methoxy groups -OCH3 is 1. The number of carbonyl (C=O) groups is 3. The highest BCUT2D eigenvalue weighted by Crippen LogP contribution is 2.26. The van der Waals surface area contributed by atoms with E-state index in [0.717, 1.165) is 5.56 Å². The van der Waals surface area contributed by atoms with Gasteiger partial charge >= 0.3 is 5.97 Å². The lowest BCUT2D eigenvalue weighted by Crippen LogP contribution is -2.46. The maximum absolute atomic E-state index is 12.7. The largest absolute Gasteiger partial charge is 0.465 e. The molecular weight excluding hydrogens is 426 g/mol. The molecule has 7 nitrogen and oxygen atoms in total. The van der Waals surface area contributed by atoms with Gasteiger partial charge in [0.05, 0.1) is 18.9 Å². The van der Waals surface area contributed by atoms with Crippen molar-refractivity contribution in [3.8, 4) is 10.6 Å². The van der Waals surface area contributed by atoms with Crippen LogP contribution in [0.4, 0.5) is 0 Å². The SMILES string of the molecule is COC(=O)c1cccc(-c2ncc(C(=O)NC3CCN(C(=O)c4ccccc4)CC3)s2)c1. The molecular formula is C24H23N3O4S. The molecule has 0 unspecified atom stereocenters. The van der Waals surface area contributed by atoms with Gasteiger partial charge in [0.2, 0.25) is 0 Å². The van der Waals surface area contributed by atoms with Crippen molar-refractivity contribution in [3.63, 3.8) is 0 Å². The van der Waals surface area contributed by atoms with Crippen LogP contribution in [-0.2, 0) is 4.74 Å². The van der Waals surface area contributed by atoms with E-state index in [2.05, 4.69) is 10.3 Å². The summed E-state index contributed by atoms with van der Waals surface area (Å²) in [5, 5.41) is 3.71. The van der Waals surface area contributed by atoms with Crippen LogP contribution in [-0.4, -0.2) is 53.9 Å². The zero-order valence-electron chi connectivity index (χ0n) is 17.6. The van der Waals surface area contributed by atoms with Crippen molar-refractivity contribution in [1.29, 1.82) is 0 Å². The summed E-state index contributed by atoms with van der Waals surface area (Å²) in [6.45, 7) is 1.21. The van der Waals surface area contributed by atoms with Gasteiger partial charge in [-0.2, -0.15) is 0 Å². The number of benzene rings is 2. The normalized spacial score (nSPS) is 14.1. The monoisotopic (exact) mass is 449 g/mol. The highest BCUT2D eigenvalue weighted by molar-refractivity contribution is 7.16. The molecule has 0 atom stereocenters. The Labute approximate surface area is 190 Å². The minimum Gasteiger partial charge on any atom is -0.465 e. The zero-order valence-corrected chi connectivity index (χ0v) is 18.4. The van der Waals surface area contributed by atoms with Crippen LogP contribution in [0.25, 0.3) is 10.6 Å². The van der Waals surface area contributed by atoms with Crippen LogP contribution >= 0.6 is 11.3 Å². The van der Waals surface area contributed by atoms with Gasteiger partial charge in [0.15, 0.2) is 0 Å². The van der Waals surface area contributed by atoms with Crippen molar-refractivity contribution in [3.05, 3.63) is 76.8 Å². The van der Waals surface area contributed by atoms with Crippen molar-refractivity contribution in [2.75, 3.05) is 20.2 Å². The number of thiazole rings is 1. The first-order chi connectivity index (χ1) is 15.5. The fourth-order valence-corrected chi connectivity index (χ4v) is 4.47. The third-order valence-electron chi connectivity index (χ3n) is 5.40. The van der Waals surface area contributed by atoms with Crippen LogP contribution in [0, 0.1) is 0 Å². The molecule has 164 valence electrons. The number of hydrogen-bond acceptors (Lipinski definition) is 6. The molecule has 4 rings (SSSR count). The number of amides is 2. The predicted molar refractivity (Wildman–Crippen MR) is 122 cm³/mol. The molecule has 1 saturated heterocycles. The number of hydrogen-bond donors (Lipinski definition) is 1. The van der Waals surface area contributed by atoms with Crippen molar-refractivity contribution in [1.82, 2.24) is 15.2 Å². The van der Waals surface area contributed by atoms with Gasteiger partial charge in [-0.05, 0) is 37.1 Å². The molecule has 1 aromatic heterocycles. The van der Waals surface area contributed by atoms with E-state index in [1.807, 2.05) is 41.3 Å². The van der Waals surface area contributed by atoms with E-state index in [4.69, 9.17) is 4.74 Å². The first kappa shape index (κ1) is 21.7. The molecule has 2 aromatic carbocycles. The fourth-order valence-electron chi connectivity index (χ4n) is 3.66. The van der Waals surface area contributed by atoms with E-state index >= 15 is 0 Å². The molecule has 1 fully saturated rings. The lowest BCUT2D eigenvalue weighted by molar-refractivity contribution is 0.0599. The van der Waals surface area contributed by atoms with Crippen LogP contribution in [0.15, 0.2) is 60.8 Å². The zero-order chi connectivity index (χ0) is 22.5. The van der Waals surface area contributed by atoms with E-state index in [9.17, 15) is 14.4 Å². The Balaban J connectivity index is 1.34. The Morgan fingerprint density at radius 1 is 1.03 bits per heavy atom. The molecule has 0 saturated carbocycles.